The van der Waals surface area contributed by atoms with Gasteiger partial charge in [0.2, 0.25) is 0 Å². The van der Waals surface area contributed by atoms with Crippen LogP contribution in [0.15, 0.2) is 0 Å². The van der Waals surface area contributed by atoms with Crippen LogP contribution in [-0.4, -0.2) is 71.7 Å². The van der Waals surface area contributed by atoms with E-state index in [0.717, 1.165) is 0 Å². The zero-order chi connectivity index (χ0) is 10.3. The molecule has 0 aromatic heterocycles. The number of hydrogen-bond acceptors (Lipinski definition) is 3. The zero-order valence-corrected chi connectivity index (χ0v) is 8.74. The highest BCUT2D eigenvalue weighted by Crippen LogP contribution is 2.04. The SMILES string of the molecule is C[N+](CCO)(CCO)CC(O)CCl. The molecule has 0 bridgehead atoms. The van der Waals surface area contributed by atoms with Gasteiger partial charge in [-0.2, -0.15) is 0 Å². The molecule has 1 unspecified atom stereocenters. The first-order chi connectivity index (χ1) is 6.08. The lowest BCUT2D eigenvalue weighted by Crippen LogP contribution is -2.52. The maximum Gasteiger partial charge on any atom is 0.116 e. The molecule has 5 heteroatoms. The van der Waals surface area contributed by atoms with Gasteiger partial charge in [0.25, 0.3) is 0 Å². The second kappa shape index (κ2) is 6.56. The van der Waals surface area contributed by atoms with Crippen molar-refractivity contribution in [3.63, 3.8) is 0 Å². The summed E-state index contributed by atoms with van der Waals surface area (Å²) in [5.74, 6) is 0.185. The fourth-order valence-corrected chi connectivity index (χ4v) is 1.43. The number of alkyl halides is 1. The molecule has 0 spiro atoms. The van der Waals surface area contributed by atoms with Crippen LogP contribution in [0.2, 0.25) is 0 Å². The Kier molecular flexibility index (Phi) is 6.63. The molecule has 0 saturated carbocycles. The van der Waals surface area contributed by atoms with E-state index >= 15 is 0 Å². The van der Waals surface area contributed by atoms with Gasteiger partial charge in [-0.25, -0.2) is 0 Å². The lowest BCUT2D eigenvalue weighted by atomic mass is 10.3. The first-order valence-corrected chi connectivity index (χ1v) is 4.90. The Bertz CT molecular complexity index is 129. The van der Waals surface area contributed by atoms with Gasteiger partial charge in [0.1, 0.15) is 25.7 Å². The number of aliphatic hydroxyl groups is 3. The summed E-state index contributed by atoms with van der Waals surface area (Å²) in [6, 6.07) is 0. The van der Waals surface area contributed by atoms with Crippen molar-refractivity contribution >= 4 is 11.6 Å². The van der Waals surface area contributed by atoms with Crippen LogP contribution in [0.5, 0.6) is 0 Å². The van der Waals surface area contributed by atoms with Gasteiger partial charge < -0.3 is 19.8 Å². The van der Waals surface area contributed by atoms with Crippen molar-refractivity contribution in [1.82, 2.24) is 0 Å². The standard InChI is InChI=1S/C8H19ClNO3/c1-10(2-4-11,3-5-12)7-8(13)6-9/h8,11-13H,2-7H2,1H3/q+1. The third kappa shape index (κ3) is 5.44. The number of hydrogen-bond donors (Lipinski definition) is 3. The van der Waals surface area contributed by atoms with Crippen LogP contribution in [0.3, 0.4) is 0 Å². The Labute approximate surface area is 83.9 Å². The van der Waals surface area contributed by atoms with Crippen molar-refractivity contribution in [3.8, 4) is 0 Å². The molecule has 0 aliphatic carbocycles. The average molecular weight is 213 g/mol. The number of halogens is 1. The summed E-state index contributed by atoms with van der Waals surface area (Å²) >= 11 is 5.47. The summed E-state index contributed by atoms with van der Waals surface area (Å²) in [6.07, 6.45) is -0.579. The van der Waals surface area contributed by atoms with Gasteiger partial charge in [0.15, 0.2) is 0 Å². The van der Waals surface area contributed by atoms with Gasteiger partial charge >= 0.3 is 0 Å². The summed E-state index contributed by atoms with van der Waals surface area (Å²) in [7, 11) is 1.88. The van der Waals surface area contributed by atoms with Crippen molar-refractivity contribution in [3.05, 3.63) is 0 Å². The molecule has 0 radical (unpaired) electrons. The summed E-state index contributed by atoms with van der Waals surface area (Å²) in [5.41, 5.74) is 0. The molecule has 0 aliphatic heterocycles. The van der Waals surface area contributed by atoms with Crippen LogP contribution in [0.4, 0.5) is 0 Å². The van der Waals surface area contributed by atoms with Crippen LogP contribution in [0.25, 0.3) is 0 Å². The first-order valence-electron chi connectivity index (χ1n) is 4.37. The second-order valence-corrected chi connectivity index (χ2v) is 3.81. The van der Waals surface area contributed by atoms with Crippen LogP contribution >= 0.6 is 11.6 Å². The topological polar surface area (TPSA) is 60.7 Å². The molecule has 13 heavy (non-hydrogen) atoms. The largest absolute Gasteiger partial charge is 0.391 e. The monoisotopic (exact) mass is 212 g/mol. The maximum atomic E-state index is 9.34. The Morgan fingerprint density at radius 3 is 2.00 bits per heavy atom. The van der Waals surface area contributed by atoms with Crippen molar-refractivity contribution in [2.24, 2.45) is 0 Å². The summed E-state index contributed by atoms with van der Waals surface area (Å²) in [5, 5.41) is 26.9. The van der Waals surface area contributed by atoms with E-state index in [2.05, 4.69) is 0 Å². The molecule has 0 aromatic rings. The van der Waals surface area contributed by atoms with E-state index in [1.807, 2.05) is 7.05 Å². The molecule has 3 N–H and O–H groups in total. The van der Waals surface area contributed by atoms with E-state index in [-0.39, 0.29) is 19.1 Å². The van der Waals surface area contributed by atoms with Crippen LogP contribution < -0.4 is 0 Å². The van der Waals surface area contributed by atoms with E-state index in [0.29, 0.717) is 24.1 Å². The zero-order valence-electron chi connectivity index (χ0n) is 7.99. The number of aliphatic hydroxyl groups excluding tert-OH is 3. The average Bonchev–Trinajstić information content (AvgIpc) is 2.04. The molecular weight excluding hydrogens is 194 g/mol. The van der Waals surface area contributed by atoms with Crippen molar-refractivity contribution in [2.75, 3.05) is 45.8 Å². The number of likely N-dealkylation sites (N-methyl/N-ethyl adjacent to an activating group) is 1. The van der Waals surface area contributed by atoms with Crippen molar-refractivity contribution in [2.45, 2.75) is 6.10 Å². The number of quaternary nitrogens is 1. The van der Waals surface area contributed by atoms with Crippen LogP contribution in [0, 0.1) is 0 Å². The summed E-state index contributed by atoms with van der Waals surface area (Å²) < 4.78 is 0.445. The third-order valence-corrected chi connectivity index (χ3v) is 2.47. The predicted octanol–water partition coefficient (Wildman–Crippen LogP) is -0.983. The molecule has 4 nitrogen and oxygen atoms in total. The Hall–Kier alpha value is 0.130. The van der Waals surface area contributed by atoms with Gasteiger partial charge in [-0.05, 0) is 0 Å². The van der Waals surface area contributed by atoms with Gasteiger partial charge in [-0.15, -0.1) is 11.6 Å². The highest BCUT2D eigenvalue weighted by atomic mass is 35.5. The molecule has 0 aromatic carbocycles. The van der Waals surface area contributed by atoms with Gasteiger partial charge in [0, 0.05) is 0 Å². The fraction of sp³-hybridized carbons (Fsp3) is 1.00. The van der Waals surface area contributed by atoms with E-state index in [9.17, 15) is 5.11 Å². The van der Waals surface area contributed by atoms with E-state index in [1.54, 1.807) is 0 Å². The number of nitrogens with zero attached hydrogens (tertiary/aromatic N) is 1. The Morgan fingerprint density at radius 1 is 1.23 bits per heavy atom. The summed E-state index contributed by atoms with van der Waals surface area (Å²) in [4.78, 5) is 0. The molecule has 1 atom stereocenters. The Balaban J connectivity index is 4.05. The summed E-state index contributed by atoms with van der Waals surface area (Å²) in [6.45, 7) is 1.60. The molecule has 0 aliphatic rings. The molecule has 0 amide bonds. The minimum atomic E-state index is -0.579. The predicted molar refractivity (Wildman–Crippen MR) is 51.7 cm³/mol. The highest BCUT2D eigenvalue weighted by molar-refractivity contribution is 6.18. The van der Waals surface area contributed by atoms with E-state index in [1.165, 1.54) is 0 Å². The fourth-order valence-electron chi connectivity index (χ4n) is 1.33. The second-order valence-electron chi connectivity index (χ2n) is 3.50. The van der Waals surface area contributed by atoms with Gasteiger partial charge in [-0.1, -0.05) is 0 Å². The normalized spacial score (nSPS) is 14.5. The van der Waals surface area contributed by atoms with E-state index in [4.69, 9.17) is 21.8 Å². The highest BCUT2D eigenvalue weighted by Gasteiger charge is 2.23. The number of rotatable bonds is 7. The Morgan fingerprint density at radius 2 is 1.69 bits per heavy atom. The van der Waals surface area contributed by atoms with Crippen LogP contribution in [0.1, 0.15) is 0 Å². The van der Waals surface area contributed by atoms with Crippen molar-refractivity contribution < 1.29 is 19.8 Å². The van der Waals surface area contributed by atoms with Crippen molar-refractivity contribution in [1.29, 1.82) is 0 Å². The smallest absolute Gasteiger partial charge is 0.116 e. The lowest BCUT2D eigenvalue weighted by molar-refractivity contribution is -0.912. The molecular formula is C8H19ClNO3+. The third-order valence-electron chi connectivity index (χ3n) is 2.11. The molecule has 0 rings (SSSR count). The molecule has 0 fully saturated rings. The lowest BCUT2D eigenvalue weighted by Gasteiger charge is -2.34. The molecule has 0 saturated heterocycles. The molecule has 80 valence electrons. The minimum absolute atomic E-state index is 0.0471. The van der Waals surface area contributed by atoms with Gasteiger partial charge in [-0.3, -0.25) is 0 Å². The quantitative estimate of drug-likeness (QED) is 0.376. The maximum absolute atomic E-state index is 9.34. The first kappa shape index (κ1) is 13.1. The van der Waals surface area contributed by atoms with Gasteiger partial charge in [0.05, 0.1) is 26.1 Å². The molecule has 0 heterocycles. The minimum Gasteiger partial charge on any atom is -0.391 e. The van der Waals surface area contributed by atoms with E-state index < -0.39 is 6.10 Å². The van der Waals surface area contributed by atoms with Crippen LogP contribution in [-0.2, 0) is 0 Å².